The fourth-order valence-corrected chi connectivity index (χ4v) is 2.03. The maximum Gasteiger partial charge on any atom is 0.244 e. The molecule has 1 aromatic carbocycles. The zero-order chi connectivity index (χ0) is 15.5. The number of nitrogens with zero attached hydrogens (tertiary/aromatic N) is 1. The van der Waals surface area contributed by atoms with Crippen LogP contribution in [0.4, 0.5) is 0 Å². The lowest BCUT2D eigenvalue weighted by Gasteiger charge is -1.99. The Bertz CT molecular complexity index is 714. The molecule has 0 aliphatic carbocycles. The van der Waals surface area contributed by atoms with Gasteiger partial charge in [-0.05, 0) is 37.6 Å². The Hall–Kier alpha value is -2.76. The van der Waals surface area contributed by atoms with Gasteiger partial charge in [-0.2, -0.15) is 0 Å². The molecule has 0 bridgehead atoms. The highest BCUT2D eigenvalue weighted by atomic mass is 16.7. The average Bonchev–Trinajstić information content (AvgIpc) is 3.09. The summed E-state index contributed by atoms with van der Waals surface area (Å²) in [6.07, 6.45) is 3.17. The third-order valence-corrected chi connectivity index (χ3v) is 3.31. The summed E-state index contributed by atoms with van der Waals surface area (Å²) < 4.78 is 15.9. The van der Waals surface area contributed by atoms with E-state index in [0.29, 0.717) is 11.6 Å². The molecule has 6 nitrogen and oxygen atoms in total. The quantitative estimate of drug-likeness (QED) is 0.877. The van der Waals surface area contributed by atoms with Crippen LogP contribution in [0.15, 0.2) is 28.7 Å². The van der Waals surface area contributed by atoms with Gasteiger partial charge in [-0.3, -0.25) is 4.79 Å². The molecule has 0 saturated heterocycles. The summed E-state index contributed by atoms with van der Waals surface area (Å²) in [5.41, 5.74) is 1.70. The summed E-state index contributed by atoms with van der Waals surface area (Å²) in [6.45, 7) is 4.20. The van der Waals surface area contributed by atoms with E-state index in [9.17, 15) is 4.79 Å². The SMILES string of the molecule is Cc1nc(CNC(=O)/C=C/c2ccc3c(c2)OCO3)oc1C. The summed E-state index contributed by atoms with van der Waals surface area (Å²) in [4.78, 5) is 16.0. The minimum atomic E-state index is -0.217. The van der Waals surface area contributed by atoms with E-state index in [2.05, 4.69) is 10.3 Å². The van der Waals surface area contributed by atoms with E-state index >= 15 is 0 Å². The Kier molecular flexibility index (Phi) is 3.82. The summed E-state index contributed by atoms with van der Waals surface area (Å²) in [6, 6.07) is 5.50. The van der Waals surface area contributed by atoms with Crippen LogP contribution >= 0.6 is 0 Å². The number of fused-ring (bicyclic) bond motifs is 1. The van der Waals surface area contributed by atoms with Gasteiger partial charge in [0.1, 0.15) is 5.76 Å². The standard InChI is InChI=1S/C16H16N2O4/c1-10-11(2)22-16(18-10)8-17-15(19)6-4-12-3-5-13-14(7-12)21-9-20-13/h3-7H,8-9H2,1-2H3,(H,17,19)/b6-4+. The molecule has 1 aliphatic heterocycles. The number of ether oxygens (including phenoxy) is 2. The van der Waals surface area contributed by atoms with Crippen molar-refractivity contribution in [3.8, 4) is 11.5 Å². The van der Waals surface area contributed by atoms with Crippen LogP contribution in [0.1, 0.15) is 22.9 Å². The predicted octanol–water partition coefficient (Wildman–Crippen LogP) is 2.35. The first-order valence-corrected chi connectivity index (χ1v) is 6.90. The van der Waals surface area contributed by atoms with E-state index in [0.717, 1.165) is 22.8 Å². The minimum Gasteiger partial charge on any atom is -0.454 e. The van der Waals surface area contributed by atoms with Crippen LogP contribution in [0.2, 0.25) is 0 Å². The highest BCUT2D eigenvalue weighted by Crippen LogP contribution is 2.32. The monoisotopic (exact) mass is 300 g/mol. The van der Waals surface area contributed by atoms with Gasteiger partial charge in [-0.1, -0.05) is 6.07 Å². The van der Waals surface area contributed by atoms with E-state index in [-0.39, 0.29) is 19.2 Å². The molecule has 0 atom stereocenters. The van der Waals surface area contributed by atoms with Crippen LogP contribution < -0.4 is 14.8 Å². The molecule has 114 valence electrons. The van der Waals surface area contributed by atoms with E-state index in [1.165, 1.54) is 6.08 Å². The van der Waals surface area contributed by atoms with Crippen LogP contribution in [0, 0.1) is 13.8 Å². The molecule has 0 fully saturated rings. The van der Waals surface area contributed by atoms with Gasteiger partial charge in [0.2, 0.25) is 18.6 Å². The summed E-state index contributed by atoms with van der Waals surface area (Å²) in [7, 11) is 0. The Morgan fingerprint density at radius 2 is 2.14 bits per heavy atom. The molecule has 6 heteroatoms. The van der Waals surface area contributed by atoms with Gasteiger partial charge < -0.3 is 19.2 Å². The topological polar surface area (TPSA) is 73.6 Å². The van der Waals surface area contributed by atoms with Gasteiger partial charge in [0.15, 0.2) is 11.5 Å². The Morgan fingerprint density at radius 3 is 2.91 bits per heavy atom. The second-order valence-corrected chi connectivity index (χ2v) is 4.91. The third-order valence-electron chi connectivity index (χ3n) is 3.31. The van der Waals surface area contributed by atoms with Crippen LogP contribution in [-0.2, 0) is 11.3 Å². The number of rotatable bonds is 4. The Morgan fingerprint density at radius 1 is 1.32 bits per heavy atom. The van der Waals surface area contributed by atoms with Crippen molar-refractivity contribution in [2.45, 2.75) is 20.4 Å². The van der Waals surface area contributed by atoms with Crippen molar-refractivity contribution >= 4 is 12.0 Å². The summed E-state index contributed by atoms with van der Waals surface area (Å²) in [5.74, 6) is 2.45. The van der Waals surface area contributed by atoms with E-state index in [1.807, 2.05) is 32.0 Å². The number of amides is 1. The van der Waals surface area contributed by atoms with Gasteiger partial charge in [0.25, 0.3) is 0 Å². The first-order valence-electron chi connectivity index (χ1n) is 6.90. The third kappa shape index (κ3) is 3.11. The van der Waals surface area contributed by atoms with E-state index in [1.54, 1.807) is 6.08 Å². The zero-order valence-electron chi connectivity index (χ0n) is 12.4. The summed E-state index contributed by atoms with van der Waals surface area (Å²) in [5, 5.41) is 2.72. The average molecular weight is 300 g/mol. The van der Waals surface area contributed by atoms with Crippen molar-refractivity contribution in [2.75, 3.05) is 6.79 Å². The van der Waals surface area contributed by atoms with Gasteiger partial charge in [0, 0.05) is 6.08 Å². The number of carbonyl (C=O) groups is 1. The highest BCUT2D eigenvalue weighted by molar-refractivity contribution is 5.91. The number of nitrogens with one attached hydrogen (secondary N) is 1. The van der Waals surface area contributed by atoms with Gasteiger partial charge in [-0.15, -0.1) is 0 Å². The normalized spacial score (nSPS) is 12.8. The Balaban J connectivity index is 1.57. The molecule has 0 unspecified atom stereocenters. The van der Waals surface area contributed by atoms with Crippen molar-refractivity contribution in [3.63, 3.8) is 0 Å². The Labute approximate surface area is 127 Å². The van der Waals surface area contributed by atoms with Crippen LogP contribution in [0.25, 0.3) is 6.08 Å². The molecule has 0 spiro atoms. The number of hydrogen-bond donors (Lipinski definition) is 1. The molecule has 2 aromatic rings. The van der Waals surface area contributed by atoms with Crippen molar-refractivity contribution in [2.24, 2.45) is 0 Å². The molecular weight excluding hydrogens is 284 g/mol. The molecule has 1 aromatic heterocycles. The van der Waals surface area contributed by atoms with E-state index < -0.39 is 0 Å². The smallest absolute Gasteiger partial charge is 0.244 e. The van der Waals surface area contributed by atoms with E-state index in [4.69, 9.17) is 13.9 Å². The second-order valence-electron chi connectivity index (χ2n) is 4.91. The number of aryl methyl sites for hydroxylation is 2. The fourth-order valence-electron chi connectivity index (χ4n) is 2.03. The van der Waals surface area contributed by atoms with Crippen LogP contribution in [0.3, 0.4) is 0 Å². The predicted molar refractivity (Wildman–Crippen MR) is 79.4 cm³/mol. The highest BCUT2D eigenvalue weighted by Gasteiger charge is 2.12. The zero-order valence-corrected chi connectivity index (χ0v) is 12.4. The minimum absolute atomic E-state index is 0.217. The largest absolute Gasteiger partial charge is 0.454 e. The molecule has 22 heavy (non-hydrogen) atoms. The number of benzene rings is 1. The number of carbonyl (C=O) groups excluding carboxylic acids is 1. The number of aromatic nitrogens is 1. The first-order chi connectivity index (χ1) is 10.6. The lowest BCUT2D eigenvalue weighted by Crippen LogP contribution is -2.20. The van der Waals surface area contributed by atoms with Gasteiger partial charge >= 0.3 is 0 Å². The fraction of sp³-hybridized carbons (Fsp3) is 0.250. The summed E-state index contributed by atoms with van der Waals surface area (Å²) >= 11 is 0. The molecule has 3 rings (SSSR count). The lowest BCUT2D eigenvalue weighted by molar-refractivity contribution is -0.116. The van der Waals surface area contributed by atoms with Crippen molar-refractivity contribution in [1.29, 1.82) is 0 Å². The maximum atomic E-state index is 11.8. The molecule has 1 N–H and O–H groups in total. The number of oxazole rings is 1. The second kappa shape index (κ2) is 5.93. The van der Waals surface area contributed by atoms with Crippen molar-refractivity contribution in [3.05, 3.63) is 47.2 Å². The number of hydrogen-bond acceptors (Lipinski definition) is 5. The maximum absolute atomic E-state index is 11.8. The molecule has 2 heterocycles. The van der Waals surface area contributed by atoms with Crippen LogP contribution in [0.5, 0.6) is 11.5 Å². The first kappa shape index (κ1) is 14.2. The lowest BCUT2D eigenvalue weighted by atomic mass is 10.2. The van der Waals surface area contributed by atoms with Crippen molar-refractivity contribution in [1.82, 2.24) is 10.3 Å². The molecule has 0 radical (unpaired) electrons. The van der Waals surface area contributed by atoms with Crippen molar-refractivity contribution < 1.29 is 18.7 Å². The molecule has 1 aliphatic rings. The molecule has 0 saturated carbocycles. The van der Waals surface area contributed by atoms with Gasteiger partial charge in [0.05, 0.1) is 12.2 Å². The molecule has 1 amide bonds. The van der Waals surface area contributed by atoms with Crippen LogP contribution in [-0.4, -0.2) is 17.7 Å². The molecular formula is C16H16N2O4. The van der Waals surface area contributed by atoms with Gasteiger partial charge in [-0.25, -0.2) is 4.98 Å².